The minimum absolute atomic E-state index is 0.115. The number of pyridine rings is 3. The summed E-state index contributed by atoms with van der Waals surface area (Å²) in [5, 5.41) is 19.8. The molecular weight excluding hydrogens is 530 g/mol. The first-order valence-corrected chi connectivity index (χ1v) is 13.3. The van der Waals surface area contributed by atoms with Crippen molar-refractivity contribution in [3.63, 3.8) is 0 Å². The minimum atomic E-state index is -1.38. The van der Waals surface area contributed by atoms with Crippen LogP contribution in [0.1, 0.15) is 5.56 Å². The van der Waals surface area contributed by atoms with E-state index in [1.807, 2.05) is 59.5 Å². The summed E-state index contributed by atoms with van der Waals surface area (Å²) in [5.74, 6) is 0.183. The third kappa shape index (κ3) is 4.68. The second-order valence-electron chi connectivity index (χ2n) is 8.47. The number of hydrogen-bond acceptors (Lipinski definition) is 8. The summed E-state index contributed by atoms with van der Waals surface area (Å²) in [6, 6.07) is 24.7. The van der Waals surface area contributed by atoms with Crippen LogP contribution in [0.3, 0.4) is 0 Å². The van der Waals surface area contributed by atoms with Crippen molar-refractivity contribution < 1.29 is 9.90 Å². The van der Waals surface area contributed by atoms with Crippen molar-refractivity contribution in [3.05, 3.63) is 107 Å². The van der Waals surface area contributed by atoms with Gasteiger partial charge in [0.05, 0.1) is 0 Å². The third-order valence-corrected chi connectivity index (χ3v) is 8.31. The topological polar surface area (TPSA) is 123 Å². The monoisotopic (exact) mass is 547 g/mol. The van der Waals surface area contributed by atoms with E-state index in [4.69, 9.17) is 10.4 Å². The average molecular weight is 548 g/mol. The number of anilines is 3. The molecule has 0 unspecified atom stereocenters. The van der Waals surface area contributed by atoms with Crippen LogP contribution in [-0.2, 0) is 4.79 Å². The molecule has 10 heteroatoms. The molecule has 6 rings (SSSR count). The second kappa shape index (κ2) is 9.98. The number of aromatic nitrogens is 3. The average Bonchev–Trinajstić information content (AvgIpc) is 3.52. The lowest BCUT2D eigenvalue weighted by Gasteiger charge is -2.20. The second-order valence-corrected chi connectivity index (χ2v) is 10.6. The molecule has 188 valence electrons. The highest BCUT2D eigenvalue weighted by atomic mass is 32.1. The van der Waals surface area contributed by atoms with E-state index < -0.39 is 17.1 Å². The predicted octanol–water partition coefficient (Wildman–Crippen LogP) is 6.72. The quantitative estimate of drug-likeness (QED) is 0.175. The number of rotatable bonds is 6. The van der Waals surface area contributed by atoms with E-state index >= 15 is 0 Å². The van der Waals surface area contributed by atoms with Crippen LogP contribution >= 0.6 is 22.7 Å². The van der Waals surface area contributed by atoms with Crippen molar-refractivity contribution in [1.29, 1.82) is 5.26 Å². The summed E-state index contributed by atoms with van der Waals surface area (Å²) in [6.45, 7) is 0. The number of thiophene rings is 2. The molecule has 8 nitrogen and oxygen atoms in total. The molecule has 0 atom stereocenters. The van der Waals surface area contributed by atoms with Gasteiger partial charge in [-0.05, 0) is 65.6 Å². The lowest BCUT2D eigenvalue weighted by Crippen LogP contribution is -2.11. The van der Waals surface area contributed by atoms with Crippen molar-refractivity contribution in [2.45, 2.75) is 0 Å². The molecular formula is C29H17N5O3S2. The zero-order valence-corrected chi connectivity index (χ0v) is 21.7. The Balaban J connectivity index is 1.36. The number of aromatic amines is 1. The SMILES string of the molecule is N#C/C(=C/c1cc2ccc(-c3cc4sc(N(c5ccccn5)c5ccccn5)cc4s3)cc2[nH]c1=O)C(=O)O. The number of carboxylic acid groups (broad SMARTS) is 1. The van der Waals surface area contributed by atoms with Gasteiger partial charge in [-0.3, -0.25) is 9.69 Å². The largest absolute Gasteiger partial charge is 0.477 e. The Kier molecular flexibility index (Phi) is 6.20. The molecule has 0 aliphatic carbocycles. The first-order valence-electron chi connectivity index (χ1n) is 11.7. The fraction of sp³-hybridized carbons (Fsp3) is 0. The zero-order chi connectivity index (χ0) is 26.9. The molecule has 0 amide bonds. The van der Waals surface area contributed by atoms with Gasteiger partial charge in [-0.2, -0.15) is 5.26 Å². The molecule has 0 saturated heterocycles. The van der Waals surface area contributed by atoms with Gasteiger partial charge in [0, 0.05) is 37.8 Å². The molecule has 0 saturated carbocycles. The van der Waals surface area contributed by atoms with Crippen molar-refractivity contribution >= 4 is 71.7 Å². The summed E-state index contributed by atoms with van der Waals surface area (Å²) >= 11 is 3.30. The van der Waals surface area contributed by atoms with Gasteiger partial charge in [0.15, 0.2) is 0 Å². The lowest BCUT2D eigenvalue weighted by molar-refractivity contribution is -0.132. The maximum absolute atomic E-state index is 12.6. The Morgan fingerprint density at radius 2 is 1.67 bits per heavy atom. The Morgan fingerprint density at radius 3 is 2.28 bits per heavy atom. The number of hydrogen-bond donors (Lipinski definition) is 2. The summed E-state index contributed by atoms with van der Waals surface area (Å²) in [5.41, 5.74) is 0.723. The predicted molar refractivity (Wildman–Crippen MR) is 155 cm³/mol. The molecule has 5 heterocycles. The maximum atomic E-state index is 12.6. The van der Waals surface area contributed by atoms with Crippen molar-refractivity contribution in [1.82, 2.24) is 15.0 Å². The van der Waals surface area contributed by atoms with Crippen molar-refractivity contribution in [3.8, 4) is 16.5 Å². The van der Waals surface area contributed by atoms with E-state index in [0.717, 1.165) is 47.9 Å². The van der Waals surface area contributed by atoms with E-state index in [1.165, 1.54) is 0 Å². The van der Waals surface area contributed by atoms with Crippen molar-refractivity contribution in [2.75, 3.05) is 4.90 Å². The summed E-state index contributed by atoms with van der Waals surface area (Å²) in [4.78, 5) is 38.7. The minimum Gasteiger partial charge on any atom is -0.477 e. The molecule has 0 aliphatic heterocycles. The van der Waals surface area contributed by atoms with Crippen LogP contribution in [0.25, 0.3) is 36.8 Å². The number of benzene rings is 1. The molecule has 6 aromatic rings. The molecule has 1 aromatic carbocycles. The number of aliphatic carboxylic acids is 1. The van der Waals surface area contributed by atoms with E-state index in [-0.39, 0.29) is 5.56 Å². The Labute approximate surface area is 229 Å². The van der Waals surface area contributed by atoms with Crippen LogP contribution in [0.15, 0.2) is 95.6 Å². The van der Waals surface area contributed by atoms with Gasteiger partial charge < -0.3 is 10.1 Å². The third-order valence-electron chi connectivity index (χ3n) is 5.98. The van der Waals surface area contributed by atoms with E-state index in [0.29, 0.717) is 5.52 Å². The molecule has 39 heavy (non-hydrogen) atoms. The number of carboxylic acids is 1. The van der Waals surface area contributed by atoms with Crippen LogP contribution in [-0.4, -0.2) is 26.0 Å². The van der Waals surface area contributed by atoms with Gasteiger partial charge in [-0.1, -0.05) is 24.3 Å². The number of H-pyrrole nitrogens is 1. The number of carbonyl (C=O) groups is 1. The fourth-order valence-corrected chi connectivity index (χ4v) is 6.57. The molecule has 5 aromatic heterocycles. The smallest absolute Gasteiger partial charge is 0.346 e. The van der Waals surface area contributed by atoms with Gasteiger partial charge in [-0.25, -0.2) is 14.8 Å². The lowest BCUT2D eigenvalue weighted by atomic mass is 10.1. The van der Waals surface area contributed by atoms with Gasteiger partial charge >= 0.3 is 5.97 Å². The van der Waals surface area contributed by atoms with E-state index in [2.05, 4.69) is 27.1 Å². The van der Waals surface area contributed by atoms with Gasteiger partial charge in [0.1, 0.15) is 28.3 Å². The van der Waals surface area contributed by atoms with Gasteiger partial charge in [0.2, 0.25) is 0 Å². The first kappa shape index (κ1) is 24.2. The Bertz CT molecular complexity index is 1920. The van der Waals surface area contributed by atoms with Crippen molar-refractivity contribution in [2.24, 2.45) is 0 Å². The fourth-order valence-electron chi connectivity index (χ4n) is 4.17. The highest BCUT2D eigenvalue weighted by Crippen LogP contribution is 2.45. The number of fused-ring (bicyclic) bond motifs is 2. The van der Waals surface area contributed by atoms with Crippen LogP contribution < -0.4 is 10.5 Å². The molecule has 0 bridgehead atoms. The molecule has 0 fully saturated rings. The Hall–Kier alpha value is -5.11. The summed E-state index contributed by atoms with van der Waals surface area (Å²) in [6.07, 6.45) is 4.60. The zero-order valence-electron chi connectivity index (χ0n) is 20.0. The molecule has 0 spiro atoms. The normalized spacial score (nSPS) is 11.5. The van der Waals surface area contributed by atoms with E-state index in [9.17, 15) is 9.59 Å². The van der Waals surface area contributed by atoms with Gasteiger partial charge in [0.25, 0.3) is 5.56 Å². The number of nitrogens with one attached hydrogen (secondary N) is 1. The maximum Gasteiger partial charge on any atom is 0.346 e. The highest BCUT2D eigenvalue weighted by Gasteiger charge is 2.19. The van der Waals surface area contributed by atoms with Crippen LogP contribution in [0.5, 0.6) is 0 Å². The number of nitriles is 1. The van der Waals surface area contributed by atoms with E-state index in [1.54, 1.807) is 47.2 Å². The standard InChI is InChI=1S/C29H17N5O3S2/c30-16-20(29(36)37)12-19-11-17-7-8-18(13-21(17)33-28(19)35)22-14-23-24(38-22)15-27(39-23)34(25-5-1-3-9-31-25)26-6-2-4-10-32-26/h1-15H,(H,33,35)(H,36,37)/b20-12-. The summed E-state index contributed by atoms with van der Waals surface area (Å²) < 4.78 is 2.24. The first-order chi connectivity index (χ1) is 19.0. The van der Waals surface area contributed by atoms with Crippen LogP contribution in [0.4, 0.5) is 16.6 Å². The molecule has 2 N–H and O–H groups in total. The van der Waals surface area contributed by atoms with Crippen LogP contribution in [0.2, 0.25) is 0 Å². The molecule has 0 radical (unpaired) electrons. The summed E-state index contributed by atoms with van der Waals surface area (Å²) in [7, 11) is 0. The number of nitrogens with zero attached hydrogens (tertiary/aromatic N) is 4. The van der Waals surface area contributed by atoms with Gasteiger partial charge in [-0.15, -0.1) is 22.7 Å². The van der Waals surface area contributed by atoms with Crippen LogP contribution in [0, 0.1) is 11.3 Å². The molecule has 0 aliphatic rings. The Morgan fingerprint density at radius 1 is 0.949 bits per heavy atom. The highest BCUT2D eigenvalue weighted by molar-refractivity contribution is 7.31.